The van der Waals surface area contributed by atoms with E-state index in [0.29, 0.717) is 0 Å². The third kappa shape index (κ3) is 4.85. The number of ether oxygens (including phenoxy) is 3. The zero-order valence-corrected chi connectivity index (χ0v) is 18.0. The van der Waals surface area contributed by atoms with Crippen LogP contribution in [0.4, 0.5) is 0 Å². The van der Waals surface area contributed by atoms with E-state index in [9.17, 15) is 23.4 Å². The summed E-state index contributed by atoms with van der Waals surface area (Å²) < 4.78 is 45.9. The molecule has 2 bridgehead atoms. The summed E-state index contributed by atoms with van der Waals surface area (Å²) in [5.41, 5.74) is 1.06. The van der Waals surface area contributed by atoms with E-state index in [1.165, 1.54) is 12.1 Å². The third-order valence-electron chi connectivity index (χ3n) is 5.46. The second-order valence-corrected chi connectivity index (χ2v) is 9.41. The molecule has 2 fully saturated rings. The Morgan fingerprint density at radius 2 is 1.47 bits per heavy atom. The molecule has 2 aliphatic rings. The van der Waals surface area contributed by atoms with Crippen molar-refractivity contribution in [1.82, 2.24) is 0 Å². The molecule has 2 aliphatic heterocycles. The largest absolute Gasteiger partial charge is 0.453 e. The summed E-state index contributed by atoms with van der Waals surface area (Å²) in [5.74, 6) is -0.739. The van der Waals surface area contributed by atoms with Gasteiger partial charge in [-0.05, 0) is 17.7 Å². The zero-order valence-electron chi connectivity index (χ0n) is 17.2. The van der Waals surface area contributed by atoms with Gasteiger partial charge in [0.15, 0.2) is 6.10 Å². The highest BCUT2D eigenvalue weighted by Crippen LogP contribution is 2.39. The number of carbonyl (C=O) groups excluding carboxylic acids is 1. The van der Waals surface area contributed by atoms with Crippen molar-refractivity contribution in [2.75, 3.05) is 6.26 Å². The summed E-state index contributed by atoms with van der Waals surface area (Å²) in [6.45, 7) is 0.0962. The molecule has 2 saturated heterocycles. The first-order chi connectivity index (χ1) is 15.2. The number of aliphatic hydroxyl groups is 2. The monoisotopic (exact) mass is 464 g/mol. The summed E-state index contributed by atoms with van der Waals surface area (Å²) in [7, 11) is -3.95. The molecule has 0 radical (unpaired) electrons. The number of benzene rings is 2. The van der Waals surface area contributed by atoms with Gasteiger partial charge in [-0.25, -0.2) is 4.79 Å². The number of hydrogen-bond donors (Lipinski definition) is 2. The molecule has 0 unspecified atom stereocenters. The van der Waals surface area contributed by atoms with E-state index in [0.717, 1.165) is 11.8 Å². The lowest BCUT2D eigenvalue weighted by Crippen LogP contribution is -2.56. The molecule has 2 aromatic carbocycles. The van der Waals surface area contributed by atoms with E-state index in [-0.39, 0.29) is 12.2 Å². The average molecular weight is 464 g/mol. The van der Waals surface area contributed by atoms with Crippen LogP contribution < -0.4 is 0 Å². The number of esters is 1. The van der Waals surface area contributed by atoms with E-state index in [1.54, 1.807) is 18.2 Å². The van der Waals surface area contributed by atoms with Gasteiger partial charge >= 0.3 is 5.97 Å². The normalized spacial score (nSPS) is 31.9. The molecule has 0 amide bonds. The van der Waals surface area contributed by atoms with E-state index in [2.05, 4.69) is 0 Å². The van der Waals surface area contributed by atoms with Crippen molar-refractivity contribution in [3.8, 4) is 0 Å². The molecular formula is C22H24O9S. The van der Waals surface area contributed by atoms with Crippen LogP contribution in [-0.2, 0) is 35.1 Å². The van der Waals surface area contributed by atoms with Crippen LogP contribution in [-0.4, -0.2) is 73.6 Å². The fourth-order valence-corrected chi connectivity index (χ4v) is 4.63. The SMILES string of the molecule is CS(=O)(=O)O[C@@H]1[C@@H](OCc2ccccc2)[C@@H]2O[C@H]1[C@@H](O)[C@H](OC(=O)c1ccccc1)[C@@H]2O. The molecule has 0 spiro atoms. The lowest BCUT2D eigenvalue weighted by Gasteiger charge is -2.37. The number of hydrogen-bond acceptors (Lipinski definition) is 9. The van der Waals surface area contributed by atoms with Gasteiger partial charge in [-0.15, -0.1) is 0 Å². The van der Waals surface area contributed by atoms with Crippen molar-refractivity contribution in [2.45, 2.75) is 49.3 Å². The summed E-state index contributed by atoms with van der Waals surface area (Å²) in [4.78, 5) is 12.5. The molecular weight excluding hydrogens is 440 g/mol. The summed E-state index contributed by atoms with van der Waals surface area (Å²) >= 11 is 0. The van der Waals surface area contributed by atoms with Crippen molar-refractivity contribution < 1.29 is 41.8 Å². The van der Waals surface area contributed by atoms with Crippen LogP contribution in [0.2, 0.25) is 0 Å². The minimum absolute atomic E-state index is 0.0962. The summed E-state index contributed by atoms with van der Waals surface area (Å²) in [6.07, 6.45) is -8.01. The van der Waals surface area contributed by atoms with Crippen molar-refractivity contribution in [2.24, 2.45) is 0 Å². The molecule has 10 heteroatoms. The van der Waals surface area contributed by atoms with Gasteiger partial charge in [0, 0.05) is 0 Å². The van der Waals surface area contributed by atoms with Crippen molar-refractivity contribution in [3.05, 3.63) is 71.8 Å². The maximum Gasteiger partial charge on any atom is 0.338 e. The number of aliphatic hydroxyl groups excluding tert-OH is 2. The first-order valence-corrected chi connectivity index (χ1v) is 11.9. The molecule has 0 aliphatic carbocycles. The number of carbonyl (C=O) groups is 1. The molecule has 32 heavy (non-hydrogen) atoms. The second-order valence-electron chi connectivity index (χ2n) is 7.81. The quantitative estimate of drug-likeness (QED) is 0.448. The van der Waals surface area contributed by atoms with Crippen molar-refractivity contribution in [1.29, 1.82) is 0 Å². The van der Waals surface area contributed by atoms with Crippen molar-refractivity contribution in [3.63, 3.8) is 0 Å². The average Bonchev–Trinajstić information content (AvgIpc) is 3.09. The molecule has 0 saturated carbocycles. The lowest BCUT2D eigenvalue weighted by molar-refractivity contribution is -0.208. The Hall–Kier alpha value is -2.34. The zero-order chi connectivity index (χ0) is 22.9. The van der Waals surface area contributed by atoms with Crippen LogP contribution in [0.1, 0.15) is 15.9 Å². The Labute approximate surface area is 185 Å². The van der Waals surface area contributed by atoms with Gasteiger partial charge in [0.05, 0.1) is 18.4 Å². The molecule has 0 aromatic heterocycles. The second kappa shape index (κ2) is 9.26. The standard InChI is InChI=1S/C22H24O9S/c1-32(26,27)31-21-19-16(24)17(30-22(25)14-10-6-3-7-11-14)15(23)18(29-19)20(21)28-12-13-8-4-2-5-9-13/h2-11,15-21,23-24H,12H2,1H3/t15-,16-,17+,18+,19-,20-,21-/m0/s1. The van der Waals surface area contributed by atoms with E-state index < -0.39 is 58.8 Å². The Kier molecular flexibility index (Phi) is 6.61. The minimum atomic E-state index is -3.95. The van der Waals surface area contributed by atoms with Gasteiger partial charge in [-0.1, -0.05) is 48.5 Å². The number of rotatable bonds is 7. The summed E-state index contributed by atoms with van der Waals surface area (Å²) in [5, 5.41) is 21.7. The third-order valence-corrected chi connectivity index (χ3v) is 6.03. The van der Waals surface area contributed by atoms with Crippen LogP contribution in [0.25, 0.3) is 0 Å². The van der Waals surface area contributed by atoms with Crippen LogP contribution in [0.15, 0.2) is 60.7 Å². The van der Waals surface area contributed by atoms with Gasteiger partial charge in [-0.2, -0.15) is 8.42 Å². The van der Waals surface area contributed by atoms with Gasteiger partial charge < -0.3 is 24.4 Å². The first kappa shape index (κ1) is 22.8. The topological polar surface area (TPSA) is 129 Å². The summed E-state index contributed by atoms with van der Waals surface area (Å²) in [6, 6.07) is 17.3. The van der Waals surface area contributed by atoms with E-state index in [4.69, 9.17) is 18.4 Å². The van der Waals surface area contributed by atoms with Crippen molar-refractivity contribution >= 4 is 16.1 Å². The Morgan fingerprint density at radius 3 is 2.06 bits per heavy atom. The first-order valence-electron chi connectivity index (χ1n) is 10.1. The Bertz CT molecular complexity index is 1030. The molecule has 4 rings (SSSR count). The Morgan fingerprint density at radius 1 is 0.906 bits per heavy atom. The number of fused-ring (bicyclic) bond motifs is 2. The maximum atomic E-state index is 12.5. The van der Waals surface area contributed by atoms with Gasteiger partial charge in [-0.3, -0.25) is 4.18 Å². The van der Waals surface area contributed by atoms with Crippen LogP contribution in [0, 0.1) is 0 Å². The lowest BCUT2D eigenvalue weighted by atomic mass is 10.00. The minimum Gasteiger partial charge on any atom is -0.453 e. The molecule has 2 heterocycles. The van der Waals surface area contributed by atoms with E-state index in [1.807, 2.05) is 30.3 Å². The predicted octanol–water partition coefficient (Wildman–Crippen LogP) is 0.645. The highest BCUT2D eigenvalue weighted by Gasteiger charge is 2.61. The molecule has 172 valence electrons. The highest BCUT2D eigenvalue weighted by molar-refractivity contribution is 7.86. The van der Waals surface area contributed by atoms with Crippen LogP contribution in [0.5, 0.6) is 0 Å². The van der Waals surface area contributed by atoms with Gasteiger partial charge in [0.2, 0.25) is 0 Å². The fraction of sp³-hybridized carbons (Fsp3) is 0.409. The molecule has 2 N–H and O–H groups in total. The fourth-order valence-electron chi connectivity index (χ4n) is 4.01. The maximum absolute atomic E-state index is 12.5. The predicted molar refractivity (Wildman–Crippen MR) is 111 cm³/mol. The molecule has 2 aromatic rings. The van der Waals surface area contributed by atoms with Crippen LogP contribution >= 0.6 is 0 Å². The molecule has 7 atom stereocenters. The van der Waals surface area contributed by atoms with Gasteiger partial charge in [0.1, 0.15) is 36.6 Å². The van der Waals surface area contributed by atoms with Gasteiger partial charge in [0.25, 0.3) is 10.1 Å². The Balaban J connectivity index is 1.57. The van der Waals surface area contributed by atoms with Crippen LogP contribution in [0.3, 0.4) is 0 Å². The highest BCUT2D eigenvalue weighted by atomic mass is 32.2. The molecule has 9 nitrogen and oxygen atoms in total. The smallest absolute Gasteiger partial charge is 0.338 e. The van der Waals surface area contributed by atoms with E-state index >= 15 is 0 Å².